The lowest BCUT2D eigenvalue weighted by Gasteiger charge is -2.40. The van der Waals surface area contributed by atoms with Gasteiger partial charge >= 0.3 is 6.18 Å². The lowest BCUT2D eigenvalue weighted by atomic mass is 9.73. The highest BCUT2D eigenvalue weighted by molar-refractivity contribution is 5.62. The van der Waals surface area contributed by atoms with Crippen LogP contribution in [-0.2, 0) is 12.7 Å². The third kappa shape index (κ3) is 5.00. The Morgan fingerprint density at radius 2 is 2.07 bits per heavy atom. The molecule has 160 valence electrons. The van der Waals surface area contributed by atoms with E-state index in [9.17, 15) is 23.5 Å². The van der Waals surface area contributed by atoms with Gasteiger partial charge in [0, 0.05) is 42.8 Å². The zero-order valence-corrected chi connectivity index (χ0v) is 16.8. The van der Waals surface area contributed by atoms with Crippen LogP contribution in [0, 0.1) is 16.7 Å². The van der Waals surface area contributed by atoms with E-state index in [1.54, 1.807) is 6.07 Å². The first-order valence-corrected chi connectivity index (χ1v) is 9.69. The van der Waals surface area contributed by atoms with Crippen molar-refractivity contribution in [2.24, 2.45) is 5.41 Å². The van der Waals surface area contributed by atoms with Crippen LogP contribution in [0.4, 0.5) is 24.7 Å². The van der Waals surface area contributed by atoms with E-state index in [0.717, 1.165) is 25.1 Å². The molecule has 6 nitrogen and oxygen atoms in total. The van der Waals surface area contributed by atoms with Crippen molar-refractivity contribution < 1.29 is 18.3 Å². The second-order valence-corrected chi connectivity index (χ2v) is 8.24. The van der Waals surface area contributed by atoms with Crippen LogP contribution in [0.25, 0.3) is 0 Å². The number of rotatable bonds is 5. The van der Waals surface area contributed by atoms with E-state index in [-0.39, 0.29) is 29.7 Å². The van der Waals surface area contributed by atoms with E-state index >= 15 is 0 Å². The van der Waals surface area contributed by atoms with Crippen LogP contribution in [-0.4, -0.2) is 27.2 Å². The number of halogens is 3. The number of pyridine rings is 2. The smallest absolute Gasteiger partial charge is 0.393 e. The minimum absolute atomic E-state index is 0.00804. The van der Waals surface area contributed by atoms with Crippen molar-refractivity contribution in [2.75, 3.05) is 10.6 Å². The molecule has 2 heterocycles. The van der Waals surface area contributed by atoms with E-state index in [1.165, 1.54) is 12.4 Å². The van der Waals surface area contributed by atoms with Crippen molar-refractivity contribution in [1.82, 2.24) is 9.97 Å². The molecule has 1 fully saturated rings. The van der Waals surface area contributed by atoms with Gasteiger partial charge in [-0.3, -0.25) is 4.98 Å². The first-order valence-electron chi connectivity index (χ1n) is 9.69. The molecule has 3 N–H and O–H groups in total. The summed E-state index contributed by atoms with van der Waals surface area (Å²) in [5.74, 6) is 0.351. The summed E-state index contributed by atoms with van der Waals surface area (Å²) in [6.07, 6.45) is 0.974. The topological polar surface area (TPSA) is 93.9 Å². The predicted molar refractivity (Wildman–Crippen MR) is 107 cm³/mol. The van der Waals surface area contributed by atoms with Crippen LogP contribution in [0.3, 0.4) is 0 Å². The molecule has 0 radical (unpaired) electrons. The summed E-state index contributed by atoms with van der Waals surface area (Å²) in [6, 6.07) is 4.72. The Morgan fingerprint density at radius 3 is 2.73 bits per heavy atom. The van der Waals surface area contributed by atoms with Gasteiger partial charge in [-0.05, 0) is 30.7 Å². The summed E-state index contributed by atoms with van der Waals surface area (Å²) in [7, 11) is 0. The zero-order valence-electron chi connectivity index (χ0n) is 16.8. The Bertz CT molecular complexity index is 939. The number of aliphatic hydroxyl groups excluding tert-OH is 1. The predicted octanol–water partition coefficient (Wildman–Crippen LogP) is 4.33. The molecule has 1 aliphatic rings. The molecule has 2 aromatic heterocycles. The molecule has 0 aromatic carbocycles. The number of anilines is 2. The molecule has 30 heavy (non-hydrogen) atoms. The lowest BCUT2D eigenvalue weighted by Crippen LogP contribution is -2.41. The summed E-state index contributed by atoms with van der Waals surface area (Å²) < 4.78 is 39.5. The van der Waals surface area contributed by atoms with Crippen molar-refractivity contribution in [3.05, 3.63) is 47.4 Å². The Kier molecular flexibility index (Phi) is 6.17. The first-order chi connectivity index (χ1) is 14.1. The molecule has 0 amide bonds. The Balaban J connectivity index is 1.75. The highest BCUT2D eigenvalue weighted by atomic mass is 19.4. The van der Waals surface area contributed by atoms with Gasteiger partial charge in [0.2, 0.25) is 0 Å². The number of aromatic nitrogens is 2. The van der Waals surface area contributed by atoms with Crippen LogP contribution in [0.1, 0.15) is 49.8 Å². The molecule has 0 aliphatic heterocycles. The fourth-order valence-corrected chi connectivity index (χ4v) is 3.76. The van der Waals surface area contributed by atoms with Crippen LogP contribution in [0.5, 0.6) is 0 Å². The van der Waals surface area contributed by atoms with E-state index in [4.69, 9.17) is 0 Å². The average Bonchev–Trinajstić information content (AvgIpc) is 2.68. The highest BCUT2D eigenvalue weighted by Crippen LogP contribution is 2.37. The monoisotopic (exact) mass is 419 g/mol. The fraction of sp³-hybridized carbons (Fsp3) is 0.476. The molecule has 1 aliphatic carbocycles. The Labute approximate surface area is 173 Å². The van der Waals surface area contributed by atoms with Crippen molar-refractivity contribution >= 4 is 11.5 Å². The second kappa shape index (κ2) is 8.48. The van der Waals surface area contributed by atoms with Gasteiger partial charge in [0.25, 0.3) is 0 Å². The third-order valence-electron chi connectivity index (χ3n) is 5.52. The SMILES string of the molecule is CC1(C)C[C@H](Nc2cc(NCc3cnccc3C(F)(F)F)ncc2C#N)CC[C@@H]1O. The quantitative estimate of drug-likeness (QED) is 0.668. The van der Waals surface area contributed by atoms with Crippen LogP contribution in [0.2, 0.25) is 0 Å². The molecular formula is C21H24F3N5O. The molecule has 3 rings (SSSR count). The number of nitrogens with one attached hydrogen (secondary N) is 2. The summed E-state index contributed by atoms with van der Waals surface area (Å²) in [6.45, 7) is 3.90. The molecule has 0 bridgehead atoms. The van der Waals surface area contributed by atoms with E-state index < -0.39 is 11.7 Å². The van der Waals surface area contributed by atoms with Gasteiger partial charge in [0.05, 0.1) is 22.9 Å². The minimum Gasteiger partial charge on any atom is -0.393 e. The van der Waals surface area contributed by atoms with Crippen molar-refractivity contribution in [1.29, 1.82) is 5.26 Å². The molecule has 0 saturated heterocycles. The van der Waals surface area contributed by atoms with Crippen molar-refractivity contribution in [3.8, 4) is 6.07 Å². The number of hydrogen-bond donors (Lipinski definition) is 3. The largest absolute Gasteiger partial charge is 0.416 e. The van der Waals surface area contributed by atoms with Gasteiger partial charge in [0.15, 0.2) is 0 Å². The van der Waals surface area contributed by atoms with E-state index in [1.807, 2.05) is 13.8 Å². The summed E-state index contributed by atoms with van der Waals surface area (Å²) in [4.78, 5) is 7.91. The summed E-state index contributed by atoms with van der Waals surface area (Å²) >= 11 is 0. The van der Waals surface area contributed by atoms with Gasteiger partial charge in [-0.1, -0.05) is 13.8 Å². The maximum atomic E-state index is 13.2. The lowest BCUT2D eigenvalue weighted by molar-refractivity contribution is -0.138. The van der Waals surface area contributed by atoms with Crippen LogP contribution >= 0.6 is 0 Å². The number of alkyl halides is 3. The maximum absolute atomic E-state index is 13.2. The van der Waals surface area contributed by atoms with Gasteiger partial charge in [0.1, 0.15) is 11.9 Å². The van der Waals surface area contributed by atoms with Gasteiger partial charge in [-0.2, -0.15) is 18.4 Å². The molecule has 9 heteroatoms. The fourth-order valence-electron chi connectivity index (χ4n) is 3.76. The highest BCUT2D eigenvalue weighted by Gasteiger charge is 2.36. The third-order valence-corrected chi connectivity index (χ3v) is 5.52. The Morgan fingerprint density at radius 1 is 1.30 bits per heavy atom. The normalized spacial score (nSPS) is 21.0. The number of nitrogens with zero attached hydrogens (tertiary/aromatic N) is 3. The summed E-state index contributed by atoms with van der Waals surface area (Å²) in [5, 5.41) is 25.8. The minimum atomic E-state index is -4.47. The van der Waals surface area contributed by atoms with Crippen LogP contribution in [0.15, 0.2) is 30.7 Å². The standard InChI is InChI=1S/C21H24F3N5O/c1-20(2)8-15(3-4-18(20)30)29-17-7-19(27-11-13(17)9-25)28-12-14-10-26-6-5-16(14)21(22,23)24/h5-7,10-11,15,18,30H,3-4,8,12H2,1-2H3,(H2,27,28,29)/t15-,18+/m1/s1. The van der Waals surface area contributed by atoms with Crippen LogP contribution < -0.4 is 10.6 Å². The van der Waals surface area contributed by atoms with Gasteiger partial charge in [-0.15, -0.1) is 0 Å². The van der Waals surface area contributed by atoms with Gasteiger partial charge in [-0.25, -0.2) is 4.98 Å². The zero-order chi connectivity index (χ0) is 21.9. The van der Waals surface area contributed by atoms with Crippen molar-refractivity contribution in [2.45, 2.75) is 58.0 Å². The van der Waals surface area contributed by atoms with E-state index in [2.05, 4.69) is 26.7 Å². The Hall–Kier alpha value is -2.86. The number of aliphatic hydroxyl groups is 1. The number of nitriles is 1. The second-order valence-electron chi connectivity index (χ2n) is 8.24. The molecule has 1 saturated carbocycles. The first kappa shape index (κ1) is 21.8. The van der Waals surface area contributed by atoms with Crippen molar-refractivity contribution in [3.63, 3.8) is 0 Å². The molecule has 2 atom stereocenters. The molecule has 0 spiro atoms. The molecular weight excluding hydrogens is 395 g/mol. The molecule has 2 aromatic rings. The summed E-state index contributed by atoms with van der Waals surface area (Å²) in [5.41, 5.74) is -0.0737. The van der Waals surface area contributed by atoms with Gasteiger partial charge < -0.3 is 15.7 Å². The molecule has 0 unspecified atom stereocenters. The average molecular weight is 419 g/mol. The maximum Gasteiger partial charge on any atom is 0.416 e. The number of hydrogen-bond acceptors (Lipinski definition) is 6. The van der Waals surface area contributed by atoms with E-state index in [0.29, 0.717) is 23.5 Å².